The largest absolute Gasteiger partial charge is 0.457 e. The number of benzene rings is 4. The van der Waals surface area contributed by atoms with E-state index in [1.807, 2.05) is 72.8 Å². The van der Waals surface area contributed by atoms with Crippen LogP contribution in [-0.4, -0.2) is 36.0 Å². The van der Waals surface area contributed by atoms with Crippen LogP contribution in [0.2, 0.25) is 0 Å². The Morgan fingerprint density at radius 1 is 0.432 bits per heavy atom. The van der Waals surface area contributed by atoms with Crippen molar-refractivity contribution in [1.82, 2.24) is 9.80 Å². The first-order valence-electron chi connectivity index (χ1n) is 16.2. The molecule has 234 valence electrons. The first-order chi connectivity index (χ1) is 21.5. The zero-order valence-corrected chi connectivity index (χ0v) is 26.6. The summed E-state index contributed by atoms with van der Waals surface area (Å²) in [7, 11) is 0. The van der Waals surface area contributed by atoms with Crippen molar-refractivity contribution >= 4 is 11.4 Å². The maximum Gasteiger partial charge on any atom is 0.127 e. The number of unbranched alkanes of at least 4 members (excludes halogenated alkanes) is 5. The van der Waals surface area contributed by atoms with Gasteiger partial charge in [-0.1, -0.05) is 63.8 Å². The van der Waals surface area contributed by atoms with E-state index in [1.54, 1.807) is 0 Å². The van der Waals surface area contributed by atoms with E-state index < -0.39 is 0 Å². The molecule has 4 aromatic rings. The van der Waals surface area contributed by atoms with Gasteiger partial charge in [-0.25, -0.2) is 0 Å². The minimum Gasteiger partial charge on any atom is -0.457 e. The van der Waals surface area contributed by atoms with Gasteiger partial charge in [-0.15, -0.1) is 0 Å². The van der Waals surface area contributed by atoms with Gasteiger partial charge in [0.15, 0.2) is 0 Å². The molecule has 0 saturated heterocycles. The predicted octanol–water partition coefficient (Wildman–Crippen LogP) is 9.12. The fraction of sp³-hybridized carbons (Fsp3) is 0.368. The predicted molar refractivity (Wildman–Crippen MR) is 184 cm³/mol. The molecule has 6 heteroatoms. The van der Waals surface area contributed by atoms with Gasteiger partial charge in [0.05, 0.1) is 0 Å². The fourth-order valence-corrected chi connectivity index (χ4v) is 5.26. The first kappa shape index (κ1) is 32.9. The summed E-state index contributed by atoms with van der Waals surface area (Å²) in [5, 5.41) is 0. The van der Waals surface area contributed by atoms with Crippen LogP contribution in [0.25, 0.3) is 0 Å². The van der Waals surface area contributed by atoms with Crippen LogP contribution in [0, 0.1) is 0 Å². The lowest BCUT2D eigenvalue weighted by molar-refractivity contribution is 0.267. The summed E-state index contributed by atoms with van der Waals surface area (Å²) in [6, 6.07) is 31.9. The third-order valence-corrected chi connectivity index (χ3v) is 7.98. The molecule has 4 N–H and O–H groups in total. The second-order valence-electron chi connectivity index (χ2n) is 11.5. The lowest BCUT2D eigenvalue weighted by atomic mass is 10.1. The summed E-state index contributed by atoms with van der Waals surface area (Å²) in [6.07, 6.45) is 7.74. The SMILES string of the molecule is CCN(CCCCCCCCN(CC)Cc1ccc(Oc2ccc(N)cc2)cc1)Cc1ccc(Oc2ccc(N)cc2)cc1. The molecule has 0 saturated carbocycles. The van der Waals surface area contributed by atoms with Crippen molar-refractivity contribution in [1.29, 1.82) is 0 Å². The van der Waals surface area contributed by atoms with E-state index in [0.29, 0.717) is 0 Å². The highest BCUT2D eigenvalue weighted by atomic mass is 16.5. The monoisotopic (exact) mass is 594 g/mol. The average molecular weight is 595 g/mol. The van der Waals surface area contributed by atoms with Crippen molar-refractivity contribution in [2.45, 2.75) is 65.5 Å². The molecule has 0 spiro atoms. The van der Waals surface area contributed by atoms with Crippen molar-refractivity contribution in [3.63, 3.8) is 0 Å². The Balaban J connectivity index is 1.06. The van der Waals surface area contributed by atoms with Gasteiger partial charge < -0.3 is 20.9 Å². The van der Waals surface area contributed by atoms with Crippen molar-refractivity contribution in [2.24, 2.45) is 0 Å². The maximum absolute atomic E-state index is 5.93. The molecule has 6 nitrogen and oxygen atoms in total. The smallest absolute Gasteiger partial charge is 0.127 e. The van der Waals surface area contributed by atoms with E-state index in [4.69, 9.17) is 20.9 Å². The summed E-state index contributed by atoms with van der Waals surface area (Å²) in [5.41, 5.74) is 15.6. The highest BCUT2D eigenvalue weighted by Crippen LogP contribution is 2.24. The van der Waals surface area contributed by atoms with Gasteiger partial charge in [-0.2, -0.15) is 0 Å². The summed E-state index contributed by atoms with van der Waals surface area (Å²) >= 11 is 0. The number of rotatable bonds is 19. The first-order valence-corrected chi connectivity index (χ1v) is 16.2. The van der Waals surface area contributed by atoms with E-state index in [-0.39, 0.29) is 0 Å². The van der Waals surface area contributed by atoms with Crippen LogP contribution in [0.4, 0.5) is 11.4 Å². The molecule has 0 heterocycles. The number of nitrogens with two attached hydrogens (primary N) is 2. The van der Waals surface area contributed by atoms with Crippen molar-refractivity contribution in [2.75, 3.05) is 37.6 Å². The lowest BCUT2D eigenvalue weighted by Gasteiger charge is -2.21. The highest BCUT2D eigenvalue weighted by molar-refractivity contribution is 5.44. The molecule has 0 radical (unpaired) electrons. The highest BCUT2D eigenvalue weighted by Gasteiger charge is 2.07. The molecule has 4 aromatic carbocycles. The Bertz CT molecular complexity index is 1230. The van der Waals surface area contributed by atoms with Crippen LogP contribution in [-0.2, 0) is 13.1 Å². The van der Waals surface area contributed by atoms with Gasteiger partial charge >= 0.3 is 0 Å². The molecule has 0 aromatic heterocycles. The number of nitrogen functional groups attached to an aromatic ring is 2. The zero-order valence-electron chi connectivity index (χ0n) is 26.6. The molecule has 0 amide bonds. The Hall–Kier alpha value is -4.00. The maximum atomic E-state index is 5.93. The van der Waals surface area contributed by atoms with Crippen LogP contribution in [0.1, 0.15) is 63.5 Å². The Labute approximate surface area is 264 Å². The van der Waals surface area contributed by atoms with E-state index in [0.717, 1.165) is 73.6 Å². The van der Waals surface area contributed by atoms with Gasteiger partial charge in [-0.3, -0.25) is 9.80 Å². The molecule has 0 atom stereocenters. The summed E-state index contributed by atoms with van der Waals surface area (Å²) in [6.45, 7) is 10.9. The molecule has 44 heavy (non-hydrogen) atoms. The van der Waals surface area contributed by atoms with Gasteiger partial charge in [0.1, 0.15) is 23.0 Å². The van der Waals surface area contributed by atoms with E-state index in [2.05, 4.69) is 47.9 Å². The second-order valence-corrected chi connectivity index (χ2v) is 11.5. The molecule has 0 fully saturated rings. The molecule has 0 aliphatic rings. The number of anilines is 2. The number of hydrogen-bond donors (Lipinski definition) is 2. The van der Waals surface area contributed by atoms with Crippen LogP contribution in [0.5, 0.6) is 23.0 Å². The Kier molecular flexibility index (Phi) is 13.4. The van der Waals surface area contributed by atoms with Gasteiger partial charge in [-0.05, 0) is 123 Å². The topological polar surface area (TPSA) is 77.0 Å². The molecule has 0 bridgehead atoms. The van der Waals surface area contributed by atoms with Crippen molar-refractivity contribution in [3.05, 3.63) is 108 Å². The minimum absolute atomic E-state index is 0.739. The van der Waals surface area contributed by atoms with Gasteiger partial charge in [0.25, 0.3) is 0 Å². The quantitative estimate of drug-likeness (QED) is 0.0833. The minimum atomic E-state index is 0.739. The molecular formula is C38H50N4O2. The van der Waals surface area contributed by atoms with Crippen LogP contribution < -0.4 is 20.9 Å². The number of hydrogen-bond acceptors (Lipinski definition) is 6. The molecule has 0 aliphatic heterocycles. The zero-order chi connectivity index (χ0) is 31.0. The second kappa shape index (κ2) is 18.0. The van der Waals surface area contributed by atoms with Crippen LogP contribution in [0.15, 0.2) is 97.1 Å². The lowest BCUT2D eigenvalue weighted by Crippen LogP contribution is -2.24. The number of nitrogens with zero attached hydrogens (tertiary/aromatic N) is 2. The fourth-order valence-electron chi connectivity index (χ4n) is 5.26. The molecule has 4 rings (SSSR count). The van der Waals surface area contributed by atoms with Crippen molar-refractivity contribution in [3.8, 4) is 23.0 Å². The van der Waals surface area contributed by atoms with Crippen LogP contribution in [0.3, 0.4) is 0 Å². The summed E-state index contributed by atoms with van der Waals surface area (Å²) in [5.74, 6) is 3.29. The Morgan fingerprint density at radius 2 is 0.727 bits per heavy atom. The third-order valence-electron chi connectivity index (χ3n) is 7.98. The third kappa shape index (κ3) is 11.6. The van der Waals surface area contributed by atoms with Crippen molar-refractivity contribution < 1.29 is 9.47 Å². The van der Waals surface area contributed by atoms with E-state index in [9.17, 15) is 0 Å². The standard InChI is InChI=1S/C38H50N4O2/c1-3-41(29-31-11-19-35(20-12-31)43-37-23-15-33(39)16-24-37)27-9-7-5-6-8-10-28-42(4-2)30-32-13-21-36(22-14-32)44-38-25-17-34(40)18-26-38/h11-26H,3-10,27-30,39-40H2,1-2H3. The van der Waals surface area contributed by atoms with Gasteiger partial charge in [0, 0.05) is 24.5 Å². The molecular weight excluding hydrogens is 544 g/mol. The van der Waals surface area contributed by atoms with E-state index in [1.165, 1.54) is 49.7 Å². The normalized spacial score (nSPS) is 11.3. The van der Waals surface area contributed by atoms with E-state index >= 15 is 0 Å². The molecule has 0 aliphatic carbocycles. The summed E-state index contributed by atoms with van der Waals surface area (Å²) < 4.78 is 11.9. The van der Waals surface area contributed by atoms with Crippen LogP contribution >= 0.6 is 0 Å². The number of ether oxygens (including phenoxy) is 2. The molecule has 0 unspecified atom stereocenters. The summed E-state index contributed by atoms with van der Waals surface area (Å²) in [4.78, 5) is 5.07. The average Bonchev–Trinajstić information content (AvgIpc) is 3.05. The van der Waals surface area contributed by atoms with Gasteiger partial charge in [0.2, 0.25) is 0 Å². The Morgan fingerprint density at radius 3 is 1.05 bits per heavy atom.